The van der Waals surface area contributed by atoms with E-state index in [-0.39, 0.29) is 47.7 Å². The number of alkyl carbamates (subject to hydrolysis) is 2. The quantitative estimate of drug-likeness (QED) is 0.111. The molecular formula is C51H54N8O7. The number of nitrogens with zero attached hydrogens (tertiary/aromatic N) is 4. The first-order chi connectivity index (χ1) is 32.3. The summed E-state index contributed by atoms with van der Waals surface area (Å²) in [6.07, 6.45) is 13.1. The van der Waals surface area contributed by atoms with Crippen LogP contribution in [0.15, 0.2) is 85.0 Å². The molecule has 0 radical (unpaired) electrons. The number of rotatable bonds is 9. The Morgan fingerprint density at radius 3 is 2.05 bits per heavy atom. The van der Waals surface area contributed by atoms with Crippen LogP contribution in [0, 0.1) is 17.8 Å². The first-order valence-corrected chi connectivity index (χ1v) is 23.3. The number of aromatic amines is 2. The number of aromatic nitrogens is 4. The number of amides is 4. The van der Waals surface area contributed by atoms with E-state index in [1.165, 1.54) is 14.2 Å². The van der Waals surface area contributed by atoms with Crippen LogP contribution in [0.5, 0.6) is 0 Å². The van der Waals surface area contributed by atoms with E-state index in [4.69, 9.17) is 24.2 Å². The summed E-state index contributed by atoms with van der Waals surface area (Å²) in [7, 11) is 2.64. The summed E-state index contributed by atoms with van der Waals surface area (Å²) in [5, 5.41) is 9.85. The standard InChI is InChI=1S/C51H54N8O7/c1-64-50(62)56-41(28-7-4-3-5-8-28)48(60)58-22-6-9-40(58)46-52-38-18-13-32-25-30(11-16-36(32)43(38)54-46)31-12-17-37-33(26-31)14-19-39-44(37)55-47(53-39)45-34-10-15-35(27-34)59(45)49(61)42(57-51(63)65-2)29-20-23-66-24-21-29/h3-5,7,11-14,16-19,25-26,28-29,34-35,40-42,45H,6,8-10,15,20-24,27H2,1-2H3,(H,52,54)(H,53,55)(H,56,62)(H,57,63)/t28?,34-,35+,40-,41+,42-,45-/m0/s1. The van der Waals surface area contributed by atoms with E-state index in [0.717, 1.165) is 98.5 Å². The number of likely N-dealkylation sites (tertiary alicyclic amines) is 2. The Morgan fingerprint density at radius 1 is 0.742 bits per heavy atom. The summed E-state index contributed by atoms with van der Waals surface area (Å²) in [5.74, 6) is 1.38. The number of fused-ring (bicyclic) bond motifs is 8. The average molecular weight is 891 g/mol. The number of ether oxygens (including phenoxy) is 3. The van der Waals surface area contributed by atoms with Crippen molar-refractivity contribution in [1.29, 1.82) is 0 Å². The molecule has 7 atom stereocenters. The molecule has 11 rings (SSSR count). The molecule has 4 N–H and O–H groups in total. The number of allylic oxidation sites excluding steroid dienone is 3. The fraction of sp³-hybridized carbons (Fsp3) is 0.412. The third-order valence-corrected chi connectivity index (χ3v) is 14.9. The van der Waals surface area contributed by atoms with Crippen LogP contribution in [0.3, 0.4) is 0 Å². The van der Waals surface area contributed by atoms with Gasteiger partial charge in [0.05, 0.1) is 48.4 Å². The molecule has 6 aromatic rings. The lowest BCUT2D eigenvalue weighted by Gasteiger charge is -2.39. The fourth-order valence-electron chi connectivity index (χ4n) is 11.6. The van der Waals surface area contributed by atoms with Gasteiger partial charge in [-0.1, -0.05) is 60.7 Å². The summed E-state index contributed by atoms with van der Waals surface area (Å²) in [6, 6.07) is 19.5. The molecule has 3 aliphatic heterocycles. The number of nitrogens with one attached hydrogen (secondary N) is 4. The van der Waals surface area contributed by atoms with Crippen LogP contribution < -0.4 is 10.6 Å². The van der Waals surface area contributed by atoms with E-state index in [1.807, 2.05) is 34.1 Å². The van der Waals surface area contributed by atoms with E-state index in [0.29, 0.717) is 39.0 Å². The Kier molecular flexibility index (Phi) is 11.0. The first-order valence-electron chi connectivity index (χ1n) is 23.3. The highest BCUT2D eigenvalue weighted by molar-refractivity contribution is 6.07. The summed E-state index contributed by atoms with van der Waals surface area (Å²) in [5.41, 5.74) is 5.68. The van der Waals surface area contributed by atoms with Gasteiger partial charge in [-0.2, -0.15) is 0 Å². The van der Waals surface area contributed by atoms with Gasteiger partial charge in [0.2, 0.25) is 11.8 Å². The second-order valence-electron chi connectivity index (χ2n) is 18.5. The molecule has 5 aliphatic rings. The minimum atomic E-state index is -0.754. The largest absolute Gasteiger partial charge is 0.453 e. The van der Waals surface area contributed by atoms with Gasteiger partial charge < -0.3 is 44.6 Å². The van der Waals surface area contributed by atoms with Crippen LogP contribution in [0.1, 0.15) is 75.1 Å². The Hall–Kier alpha value is -6.74. The SMILES string of the molecule is COC(=O)N[C@H](C(=O)N1[C@@H]2CC[C@@H](C2)[C@H]1c1nc2c(ccc3cc(-c4ccc5c(ccc6[nH]c([C@@H]7CCCN7C(=O)[C@H](NC(=O)OC)C7C=CC=CC7)nc65)c4)ccc32)[nH]1)C1CCOCC1. The lowest BCUT2D eigenvalue weighted by atomic mass is 9.89. The molecule has 2 aromatic heterocycles. The molecule has 66 heavy (non-hydrogen) atoms. The molecule has 1 unspecified atom stereocenters. The lowest BCUT2D eigenvalue weighted by molar-refractivity contribution is -0.140. The number of carbonyl (C=O) groups is 4. The highest BCUT2D eigenvalue weighted by atomic mass is 16.5. The molecule has 4 aromatic carbocycles. The number of imidazole rings is 2. The molecule has 15 heteroatoms. The molecule has 0 spiro atoms. The van der Waals surface area contributed by atoms with Gasteiger partial charge in [-0.05, 0) is 109 Å². The average Bonchev–Trinajstić information content (AvgIpc) is 4.23. The fourth-order valence-corrected chi connectivity index (χ4v) is 11.6. The Labute approximate surface area is 381 Å². The summed E-state index contributed by atoms with van der Waals surface area (Å²) in [6.45, 7) is 1.70. The van der Waals surface area contributed by atoms with Crippen LogP contribution in [0.2, 0.25) is 0 Å². The van der Waals surface area contributed by atoms with Crippen molar-refractivity contribution in [3.63, 3.8) is 0 Å². The van der Waals surface area contributed by atoms with E-state index in [9.17, 15) is 19.2 Å². The maximum absolute atomic E-state index is 14.5. The van der Waals surface area contributed by atoms with Gasteiger partial charge >= 0.3 is 12.2 Å². The molecule has 4 amide bonds. The highest BCUT2D eigenvalue weighted by Crippen LogP contribution is 2.51. The van der Waals surface area contributed by atoms with Crippen molar-refractivity contribution in [1.82, 2.24) is 40.4 Å². The van der Waals surface area contributed by atoms with E-state index in [1.54, 1.807) is 0 Å². The zero-order valence-electron chi connectivity index (χ0n) is 37.1. The zero-order valence-corrected chi connectivity index (χ0v) is 37.1. The number of piperidine rings is 1. The van der Waals surface area contributed by atoms with Crippen molar-refractivity contribution in [3.05, 3.63) is 96.6 Å². The second-order valence-corrected chi connectivity index (χ2v) is 18.5. The van der Waals surface area contributed by atoms with Crippen LogP contribution in [-0.2, 0) is 23.8 Å². The van der Waals surface area contributed by atoms with E-state index in [2.05, 4.69) is 81.3 Å². The van der Waals surface area contributed by atoms with Crippen LogP contribution >= 0.6 is 0 Å². The van der Waals surface area contributed by atoms with E-state index >= 15 is 0 Å². The molecule has 1 saturated carbocycles. The van der Waals surface area contributed by atoms with Gasteiger partial charge in [-0.15, -0.1) is 0 Å². The highest BCUT2D eigenvalue weighted by Gasteiger charge is 2.52. The minimum Gasteiger partial charge on any atom is -0.453 e. The maximum Gasteiger partial charge on any atom is 0.407 e. The predicted octanol–water partition coefficient (Wildman–Crippen LogP) is 8.14. The van der Waals surface area contributed by atoms with Crippen molar-refractivity contribution in [2.45, 2.75) is 81.6 Å². The van der Waals surface area contributed by atoms with Gasteiger partial charge in [-0.3, -0.25) is 9.59 Å². The van der Waals surface area contributed by atoms with Gasteiger partial charge in [0.1, 0.15) is 23.7 Å². The first kappa shape index (κ1) is 41.9. The molecule has 3 saturated heterocycles. The second kappa shape index (κ2) is 17.2. The zero-order chi connectivity index (χ0) is 45.1. The van der Waals surface area contributed by atoms with Crippen LogP contribution in [0.25, 0.3) is 54.7 Å². The predicted molar refractivity (Wildman–Crippen MR) is 249 cm³/mol. The van der Waals surface area contributed by atoms with E-state index < -0.39 is 24.3 Å². The molecule has 2 aliphatic carbocycles. The summed E-state index contributed by atoms with van der Waals surface area (Å²) >= 11 is 0. The third-order valence-electron chi connectivity index (χ3n) is 14.9. The number of hydrogen-bond donors (Lipinski definition) is 4. The molecule has 15 nitrogen and oxygen atoms in total. The van der Waals surface area contributed by atoms with Crippen LogP contribution in [0.4, 0.5) is 9.59 Å². The minimum absolute atomic E-state index is 0.0343. The number of H-pyrrole nitrogens is 2. The summed E-state index contributed by atoms with van der Waals surface area (Å²) in [4.78, 5) is 75.0. The molecule has 5 heterocycles. The van der Waals surface area contributed by atoms with Crippen molar-refractivity contribution < 1.29 is 33.4 Å². The number of methoxy groups -OCH3 is 2. The number of benzene rings is 4. The van der Waals surface area contributed by atoms with Crippen molar-refractivity contribution in [3.8, 4) is 11.1 Å². The Balaban J connectivity index is 0.856. The maximum atomic E-state index is 14.5. The van der Waals surface area contributed by atoms with Gasteiger partial charge in [0.15, 0.2) is 0 Å². The summed E-state index contributed by atoms with van der Waals surface area (Å²) < 4.78 is 15.5. The smallest absolute Gasteiger partial charge is 0.407 e. The number of hydrogen-bond acceptors (Lipinski definition) is 9. The molecule has 340 valence electrons. The molecular weight excluding hydrogens is 837 g/mol. The van der Waals surface area contributed by atoms with Gasteiger partial charge in [0.25, 0.3) is 0 Å². The topological polar surface area (TPSA) is 184 Å². The van der Waals surface area contributed by atoms with Crippen molar-refractivity contribution >= 4 is 67.6 Å². The molecule has 2 bridgehead atoms. The van der Waals surface area contributed by atoms with Gasteiger partial charge in [-0.25, -0.2) is 19.6 Å². The Morgan fingerprint density at radius 2 is 1.39 bits per heavy atom. The van der Waals surface area contributed by atoms with Crippen LogP contribution in [-0.4, -0.2) is 106 Å². The third kappa shape index (κ3) is 7.42. The van der Waals surface area contributed by atoms with Crippen molar-refractivity contribution in [2.24, 2.45) is 17.8 Å². The monoisotopic (exact) mass is 890 g/mol. The normalized spacial score (nSPS) is 23.8. The lowest BCUT2D eigenvalue weighted by Crippen LogP contribution is -2.55. The Bertz CT molecular complexity index is 2950. The number of carbonyl (C=O) groups excluding carboxylic acids is 4. The molecule has 4 fully saturated rings. The van der Waals surface area contributed by atoms with Gasteiger partial charge in [0, 0.05) is 42.5 Å². The van der Waals surface area contributed by atoms with Crippen molar-refractivity contribution in [2.75, 3.05) is 34.0 Å².